The third-order valence-corrected chi connectivity index (χ3v) is 5.73. The topological polar surface area (TPSA) is 72.2 Å². The van der Waals surface area contributed by atoms with Crippen molar-refractivity contribution in [2.24, 2.45) is 0 Å². The third kappa shape index (κ3) is 3.17. The minimum absolute atomic E-state index is 0.0951. The van der Waals surface area contributed by atoms with Crippen LogP contribution in [0.4, 0.5) is 0 Å². The van der Waals surface area contributed by atoms with Crippen molar-refractivity contribution < 1.29 is 9.90 Å². The Labute approximate surface area is 155 Å². The maximum Gasteiger partial charge on any atom is 0.305 e. The third-order valence-electron chi connectivity index (χ3n) is 4.73. The van der Waals surface area contributed by atoms with Crippen LogP contribution in [-0.4, -0.2) is 20.6 Å². The molecule has 1 N–H and O–H groups in total. The Balaban J connectivity index is 2.29. The molecule has 0 spiro atoms. The number of hydrogen-bond donors (Lipinski definition) is 1. The van der Waals surface area contributed by atoms with Gasteiger partial charge in [0.05, 0.1) is 11.8 Å². The molecular weight excluding hydrogens is 348 g/mol. The summed E-state index contributed by atoms with van der Waals surface area (Å²) in [4.78, 5) is 30.6. The average molecular weight is 370 g/mol. The number of carboxylic acid groups (broad SMARTS) is 1. The molecule has 0 saturated carbocycles. The summed E-state index contributed by atoms with van der Waals surface area (Å²) in [5.41, 5.74) is 4.15. The van der Waals surface area contributed by atoms with Gasteiger partial charge in [0.2, 0.25) is 0 Å². The first-order valence-corrected chi connectivity index (χ1v) is 9.47. The average Bonchev–Trinajstić information content (AvgIpc) is 2.92. The second-order valence-corrected chi connectivity index (χ2v) is 7.70. The van der Waals surface area contributed by atoms with Crippen LogP contribution >= 0.6 is 11.3 Å². The lowest BCUT2D eigenvalue weighted by atomic mass is 9.99. The molecule has 0 saturated heterocycles. The number of rotatable bonds is 5. The van der Waals surface area contributed by atoms with E-state index in [4.69, 9.17) is 5.11 Å². The molecule has 136 valence electrons. The lowest BCUT2D eigenvalue weighted by molar-refractivity contribution is -0.137. The number of aromatic nitrogens is 2. The Morgan fingerprint density at radius 3 is 2.58 bits per heavy atom. The Bertz CT molecular complexity index is 1060. The van der Waals surface area contributed by atoms with Gasteiger partial charge in [-0.25, -0.2) is 4.98 Å². The summed E-state index contributed by atoms with van der Waals surface area (Å²) >= 11 is 1.52. The Morgan fingerprint density at radius 1 is 1.23 bits per heavy atom. The van der Waals surface area contributed by atoms with E-state index >= 15 is 0 Å². The quantitative estimate of drug-likeness (QED) is 0.734. The van der Waals surface area contributed by atoms with E-state index < -0.39 is 5.97 Å². The fraction of sp³-hybridized carbons (Fsp3) is 0.350. The zero-order valence-corrected chi connectivity index (χ0v) is 16.2. The fourth-order valence-electron chi connectivity index (χ4n) is 3.19. The van der Waals surface area contributed by atoms with Gasteiger partial charge in [-0.15, -0.1) is 11.3 Å². The maximum atomic E-state index is 13.2. The highest BCUT2D eigenvalue weighted by molar-refractivity contribution is 7.19. The largest absolute Gasteiger partial charge is 0.481 e. The van der Waals surface area contributed by atoms with E-state index in [9.17, 15) is 9.59 Å². The van der Waals surface area contributed by atoms with Gasteiger partial charge in [0.25, 0.3) is 5.56 Å². The first-order chi connectivity index (χ1) is 12.3. The molecule has 0 unspecified atom stereocenters. The molecule has 0 fully saturated rings. The summed E-state index contributed by atoms with van der Waals surface area (Å²) in [6, 6.07) is 6.19. The normalized spacial score (nSPS) is 11.2. The van der Waals surface area contributed by atoms with E-state index in [0.717, 1.165) is 20.8 Å². The number of thiophene rings is 1. The summed E-state index contributed by atoms with van der Waals surface area (Å²) in [6.45, 7) is 8.19. The highest BCUT2D eigenvalue weighted by Gasteiger charge is 2.19. The molecule has 0 radical (unpaired) electrons. The highest BCUT2D eigenvalue weighted by Crippen LogP contribution is 2.36. The zero-order valence-electron chi connectivity index (χ0n) is 15.4. The monoisotopic (exact) mass is 370 g/mol. The van der Waals surface area contributed by atoms with E-state index in [1.54, 1.807) is 0 Å². The van der Waals surface area contributed by atoms with Crippen LogP contribution in [-0.2, 0) is 17.8 Å². The number of aryl methyl sites for hydroxylation is 4. The molecule has 2 heterocycles. The Kier molecular flexibility index (Phi) is 4.96. The van der Waals surface area contributed by atoms with Crippen molar-refractivity contribution in [2.75, 3.05) is 0 Å². The number of benzene rings is 1. The molecule has 0 amide bonds. The molecule has 0 aliphatic carbocycles. The molecule has 3 rings (SSSR count). The molecule has 0 bridgehead atoms. The predicted molar refractivity (Wildman–Crippen MR) is 105 cm³/mol. The second kappa shape index (κ2) is 7.03. The minimum atomic E-state index is -0.921. The van der Waals surface area contributed by atoms with Gasteiger partial charge in [-0.3, -0.25) is 14.2 Å². The van der Waals surface area contributed by atoms with Crippen LogP contribution < -0.4 is 5.56 Å². The SMILES string of the molecule is CCc1nc2sc(C)c(-c3ccc(C)c(C)c3)c2c(=O)n1CCC(=O)O. The van der Waals surface area contributed by atoms with Crippen LogP contribution in [0, 0.1) is 20.8 Å². The van der Waals surface area contributed by atoms with E-state index in [2.05, 4.69) is 31.0 Å². The van der Waals surface area contributed by atoms with Gasteiger partial charge >= 0.3 is 5.97 Å². The van der Waals surface area contributed by atoms with Crippen molar-refractivity contribution in [1.82, 2.24) is 9.55 Å². The van der Waals surface area contributed by atoms with Gasteiger partial charge in [-0.05, 0) is 37.5 Å². The molecule has 6 heteroatoms. The molecular formula is C20H22N2O3S. The fourth-order valence-corrected chi connectivity index (χ4v) is 4.24. The van der Waals surface area contributed by atoms with Crippen molar-refractivity contribution in [3.63, 3.8) is 0 Å². The van der Waals surface area contributed by atoms with Crippen molar-refractivity contribution in [1.29, 1.82) is 0 Å². The number of hydrogen-bond acceptors (Lipinski definition) is 4. The number of aliphatic carboxylic acids is 1. The van der Waals surface area contributed by atoms with Gasteiger partial charge in [0.1, 0.15) is 10.7 Å². The van der Waals surface area contributed by atoms with Gasteiger partial charge in [-0.1, -0.05) is 25.1 Å². The summed E-state index contributed by atoms with van der Waals surface area (Å²) in [5.74, 6) is -0.286. The molecule has 1 aromatic carbocycles. The molecule has 2 aromatic heterocycles. The van der Waals surface area contributed by atoms with Crippen molar-refractivity contribution in [3.05, 3.63) is 50.4 Å². The summed E-state index contributed by atoms with van der Waals surface area (Å²) in [7, 11) is 0. The van der Waals surface area contributed by atoms with E-state index in [1.165, 1.54) is 27.0 Å². The van der Waals surface area contributed by atoms with Crippen molar-refractivity contribution in [3.8, 4) is 11.1 Å². The van der Waals surface area contributed by atoms with Gasteiger partial charge in [0.15, 0.2) is 0 Å². The number of carbonyl (C=O) groups is 1. The lowest BCUT2D eigenvalue weighted by Crippen LogP contribution is -2.26. The molecule has 3 aromatic rings. The van der Waals surface area contributed by atoms with E-state index in [1.807, 2.05) is 19.9 Å². The van der Waals surface area contributed by atoms with Gasteiger partial charge in [-0.2, -0.15) is 0 Å². The van der Waals surface area contributed by atoms with Gasteiger partial charge in [0, 0.05) is 23.4 Å². The Morgan fingerprint density at radius 2 is 1.96 bits per heavy atom. The summed E-state index contributed by atoms with van der Waals surface area (Å²) in [5, 5.41) is 9.60. The molecule has 0 aliphatic rings. The van der Waals surface area contributed by atoms with Crippen LogP contribution in [0.1, 0.15) is 35.2 Å². The number of nitrogens with zero attached hydrogens (tertiary/aromatic N) is 2. The van der Waals surface area contributed by atoms with Crippen LogP contribution in [0.15, 0.2) is 23.0 Å². The second-order valence-electron chi connectivity index (χ2n) is 6.49. The summed E-state index contributed by atoms with van der Waals surface area (Å²) in [6.07, 6.45) is 0.489. The first-order valence-electron chi connectivity index (χ1n) is 8.65. The van der Waals surface area contributed by atoms with Crippen molar-refractivity contribution in [2.45, 2.75) is 47.1 Å². The summed E-state index contributed by atoms with van der Waals surface area (Å²) < 4.78 is 1.52. The van der Waals surface area contributed by atoms with Crippen LogP contribution in [0.2, 0.25) is 0 Å². The smallest absolute Gasteiger partial charge is 0.305 e. The van der Waals surface area contributed by atoms with E-state index in [-0.39, 0.29) is 18.5 Å². The van der Waals surface area contributed by atoms with Crippen LogP contribution in [0.3, 0.4) is 0 Å². The van der Waals surface area contributed by atoms with E-state index in [0.29, 0.717) is 17.6 Å². The zero-order chi connectivity index (χ0) is 19.0. The number of fused-ring (bicyclic) bond motifs is 1. The number of carboxylic acids is 1. The molecule has 0 atom stereocenters. The van der Waals surface area contributed by atoms with Crippen LogP contribution in [0.25, 0.3) is 21.3 Å². The minimum Gasteiger partial charge on any atom is -0.481 e. The maximum absolute atomic E-state index is 13.2. The first kappa shape index (κ1) is 18.3. The predicted octanol–water partition coefficient (Wildman–Crippen LogP) is 4.09. The van der Waals surface area contributed by atoms with Crippen molar-refractivity contribution >= 4 is 27.5 Å². The molecule has 5 nitrogen and oxygen atoms in total. The molecule has 26 heavy (non-hydrogen) atoms. The Hall–Kier alpha value is -2.47. The molecule has 0 aliphatic heterocycles. The van der Waals surface area contributed by atoms with Gasteiger partial charge < -0.3 is 5.11 Å². The lowest BCUT2D eigenvalue weighted by Gasteiger charge is -2.11. The standard InChI is InChI=1S/C20H22N2O3S/c1-5-15-21-19-18(20(25)22(15)9-8-16(23)24)17(13(4)26-19)14-7-6-11(2)12(3)10-14/h6-7,10H,5,8-9H2,1-4H3,(H,23,24). The highest BCUT2D eigenvalue weighted by atomic mass is 32.1. The van der Waals surface area contributed by atoms with Crippen LogP contribution in [0.5, 0.6) is 0 Å².